The molecule has 2 aromatic rings. The van der Waals surface area contributed by atoms with Gasteiger partial charge in [-0.05, 0) is 48.4 Å². The lowest BCUT2D eigenvalue weighted by Crippen LogP contribution is -2.24. The normalized spacial score (nSPS) is 12.7. The van der Waals surface area contributed by atoms with Gasteiger partial charge in [-0.1, -0.05) is 6.92 Å². The van der Waals surface area contributed by atoms with Gasteiger partial charge in [-0.15, -0.1) is 0 Å². The Labute approximate surface area is 147 Å². The van der Waals surface area contributed by atoms with Crippen LogP contribution in [0.15, 0.2) is 40.0 Å². The highest BCUT2D eigenvalue weighted by Crippen LogP contribution is 2.29. The third kappa shape index (κ3) is 5.16. The molecule has 0 aliphatic carbocycles. The third-order valence-corrected chi connectivity index (χ3v) is 4.17. The SMILES string of the molecule is CCOc1ccc(OCC)c(NC(N)=NCC(C)c2ccsc2)c1. The molecular weight excluding hydrogens is 322 g/mol. The van der Waals surface area contributed by atoms with Gasteiger partial charge in [0.05, 0.1) is 18.9 Å². The van der Waals surface area contributed by atoms with Crippen molar-refractivity contribution in [3.05, 3.63) is 40.6 Å². The first-order valence-electron chi connectivity index (χ1n) is 8.12. The van der Waals surface area contributed by atoms with Gasteiger partial charge < -0.3 is 20.5 Å². The van der Waals surface area contributed by atoms with Crippen molar-refractivity contribution in [2.75, 3.05) is 25.1 Å². The van der Waals surface area contributed by atoms with E-state index in [1.807, 2.05) is 32.0 Å². The molecule has 0 spiro atoms. The van der Waals surface area contributed by atoms with Crippen molar-refractivity contribution in [3.8, 4) is 11.5 Å². The molecule has 1 atom stereocenters. The number of nitrogens with one attached hydrogen (secondary N) is 1. The van der Waals surface area contributed by atoms with Crippen LogP contribution >= 0.6 is 11.3 Å². The van der Waals surface area contributed by atoms with Crippen molar-refractivity contribution in [3.63, 3.8) is 0 Å². The van der Waals surface area contributed by atoms with Crippen molar-refractivity contribution in [2.45, 2.75) is 26.7 Å². The van der Waals surface area contributed by atoms with Gasteiger partial charge in [0.2, 0.25) is 0 Å². The number of guanidine groups is 1. The fourth-order valence-corrected chi connectivity index (χ4v) is 3.00. The van der Waals surface area contributed by atoms with Crippen molar-refractivity contribution in [1.29, 1.82) is 0 Å². The third-order valence-electron chi connectivity index (χ3n) is 3.47. The molecule has 0 saturated heterocycles. The number of anilines is 1. The second-order valence-corrected chi connectivity index (χ2v) is 6.11. The van der Waals surface area contributed by atoms with Crippen molar-refractivity contribution < 1.29 is 9.47 Å². The zero-order chi connectivity index (χ0) is 17.4. The quantitative estimate of drug-likeness (QED) is 0.558. The van der Waals surface area contributed by atoms with Gasteiger partial charge in [0.25, 0.3) is 0 Å². The van der Waals surface area contributed by atoms with Crippen LogP contribution in [0.1, 0.15) is 32.3 Å². The summed E-state index contributed by atoms with van der Waals surface area (Å²) in [6.07, 6.45) is 0. The highest BCUT2D eigenvalue weighted by molar-refractivity contribution is 7.07. The first kappa shape index (κ1) is 18.1. The van der Waals surface area contributed by atoms with E-state index >= 15 is 0 Å². The summed E-state index contributed by atoms with van der Waals surface area (Å²) in [5.74, 6) is 2.19. The number of nitrogens with zero attached hydrogens (tertiary/aromatic N) is 1. The standard InChI is InChI=1S/C18H25N3O2S/c1-4-22-15-6-7-17(23-5-2)16(10-15)21-18(19)20-11-13(3)14-8-9-24-12-14/h6-10,12-13H,4-5,11H2,1-3H3,(H3,19,20,21). The molecule has 130 valence electrons. The van der Waals surface area contributed by atoms with E-state index in [9.17, 15) is 0 Å². The van der Waals surface area contributed by atoms with Crippen molar-refractivity contribution in [2.24, 2.45) is 10.7 Å². The van der Waals surface area contributed by atoms with Gasteiger partial charge >= 0.3 is 0 Å². The van der Waals surface area contributed by atoms with E-state index in [2.05, 4.69) is 34.1 Å². The van der Waals surface area contributed by atoms with E-state index in [0.717, 1.165) is 17.2 Å². The fourth-order valence-electron chi connectivity index (χ4n) is 2.22. The smallest absolute Gasteiger partial charge is 0.193 e. The van der Waals surface area contributed by atoms with E-state index in [1.54, 1.807) is 11.3 Å². The minimum atomic E-state index is 0.331. The van der Waals surface area contributed by atoms with Crippen LogP contribution in [0.25, 0.3) is 0 Å². The lowest BCUT2D eigenvalue weighted by atomic mass is 10.1. The molecule has 0 amide bonds. The molecule has 1 unspecified atom stereocenters. The van der Waals surface area contributed by atoms with Gasteiger partial charge in [-0.3, -0.25) is 4.99 Å². The Morgan fingerprint density at radius 1 is 1.25 bits per heavy atom. The first-order chi connectivity index (χ1) is 11.6. The Morgan fingerprint density at radius 2 is 2.04 bits per heavy atom. The van der Waals surface area contributed by atoms with Crippen LogP contribution in [0, 0.1) is 0 Å². The molecule has 3 N–H and O–H groups in total. The van der Waals surface area contributed by atoms with Gasteiger partial charge in [0.1, 0.15) is 11.5 Å². The molecular formula is C18H25N3O2S. The Morgan fingerprint density at radius 3 is 2.71 bits per heavy atom. The van der Waals surface area contributed by atoms with E-state index in [-0.39, 0.29) is 0 Å². The second kappa shape index (κ2) is 9.17. The van der Waals surface area contributed by atoms with Crippen molar-refractivity contribution >= 4 is 23.0 Å². The molecule has 6 heteroatoms. The molecule has 5 nitrogen and oxygen atoms in total. The van der Waals surface area contributed by atoms with E-state index in [4.69, 9.17) is 15.2 Å². The Hall–Kier alpha value is -2.21. The van der Waals surface area contributed by atoms with Crippen molar-refractivity contribution in [1.82, 2.24) is 0 Å². The van der Waals surface area contributed by atoms with Crippen LogP contribution in [0.4, 0.5) is 5.69 Å². The maximum Gasteiger partial charge on any atom is 0.193 e. The largest absolute Gasteiger partial charge is 0.494 e. The number of rotatable bonds is 8. The molecule has 1 heterocycles. The minimum Gasteiger partial charge on any atom is -0.494 e. The Kier molecular flexibility index (Phi) is 6.93. The average molecular weight is 347 g/mol. The van der Waals surface area contributed by atoms with Crippen LogP contribution in [-0.4, -0.2) is 25.7 Å². The van der Waals surface area contributed by atoms with Crippen LogP contribution in [0.2, 0.25) is 0 Å². The number of ether oxygens (including phenoxy) is 2. The van der Waals surface area contributed by atoms with E-state index in [0.29, 0.717) is 31.6 Å². The molecule has 0 radical (unpaired) electrons. The number of hydrogen-bond acceptors (Lipinski definition) is 4. The molecule has 2 rings (SSSR count). The fraction of sp³-hybridized carbons (Fsp3) is 0.389. The molecule has 0 saturated carbocycles. The minimum absolute atomic E-state index is 0.331. The summed E-state index contributed by atoms with van der Waals surface area (Å²) in [7, 11) is 0. The lowest BCUT2D eigenvalue weighted by molar-refractivity contribution is 0.332. The van der Waals surface area contributed by atoms with E-state index in [1.165, 1.54) is 5.56 Å². The van der Waals surface area contributed by atoms with Crippen LogP contribution in [0.5, 0.6) is 11.5 Å². The van der Waals surface area contributed by atoms with E-state index < -0.39 is 0 Å². The number of aliphatic imine (C=N–C) groups is 1. The molecule has 0 aliphatic heterocycles. The van der Waals surface area contributed by atoms with Gasteiger partial charge in [-0.25, -0.2) is 0 Å². The molecule has 0 aliphatic rings. The highest BCUT2D eigenvalue weighted by Gasteiger charge is 2.08. The summed E-state index contributed by atoms with van der Waals surface area (Å²) < 4.78 is 11.2. The summed E-state index contributed by atoms with van der Waals surface area (Å²) in [6.45, 7) is 7.85. The number of thiophene rings is 1. The summed E-state index contributed by atoms with van der Waals surface area (Å²) in [5, 5.41) is 7.34. The zero-order valence-corrected chi connectivity index (χ0v) is 15.2. The summed E-state index contributed by atoms with van der Waals surface area (Å²) in [4.78, 5) is 4.44. The molecule has 1 aromatic carbocycles. The zero-order valence-electron chi connectivity index (χ0n) is 14.4. The number of hydrogen-bond donors (Lipinski definition) is 2. The average Bonchev–Trinajstić information content (AvgIpc) is 3.10. The van der Waals surface area contributed by atoms with Crippen LogP contribution in [0.3, 0.4) is 0 Å². The Bertz CT molecular complexity index is 656. The monoisotopic (exact) mass is 347 g/mol. The molecule has 0 bridgehead atoms. The molecule has 24 heavy (non-hydrogen) atoms. The molecule has 1 aromatic heterocycles. The highest BCUT2D eigenvalue weighted by atomic mass is 32.1. The van der Waals surface area contributed by atoms with Gasteiger partial charge in [0.15, 0.2) is 5.96 Å². The van der Waals surface area contributed by atoms with Gasteiger partial charge in [-0.2, -0.15) is 11.3 Å². The topological polar surface area (TPSA) is 68.9 Å². The Balaban J connectivity index is 2.06. The van der Waals surface area contributed by atoms with Gasteiger partial charge in [0, 0.05) is 18.5 Å². The maximum atomic E-state index is 6.04. The predicted molar refractivity (Wildman–Crippen MR) is 102 cm³/mol. The number of nitrogens with two attached hydrogens (primary N) is 1. The van der Waals surface area contributed by atoms with Crippen LogP contribution < -0.4 is 20.5 Å². The second-order valence-electron chi connectivity index (χ2n) is 5.33. The number of benzene rings is 1. The summed E-state index contributed by atoms with van der Waals surface area (Å²) >= 11 is 1.69. The molecule has 0 fully saturated rings. The first-order valence-corrected chi connectivity index (χ1v) is 9.07. The predicted octanol–water partition coefficient (Wildman–Crippen LogP) is 4.08. The lowest BCUT2D eigenvalue weighted by Gasteiger charge is -2.14. The summed E-state index contributed by atoms with van der Waals surface area (Å²) in [5.41, 5.74) is 8.08. The summed E-state index contributed by atoms with van der Waals surface area (Å²) in [6, 6.07) is 7.75. The van der Waals surface area contributed by atoms with Crippen LogP contribution in [-0.2, 0) is 0 Å². The maximum absolute atomic E-state index is 6.04.